The number of aromatic amines is 2. The fourth-order valence-corrected chi connectivity index (χ4v) is 11.2. The van der Waals surface area contributed by atoms with E-state index in [4.69, 9.17) is 11.6 Å². The van der Waals surface area contributed by atoms with Crippen molar-refractivity contribution in [3.8, 4) is 50.5 Å². The van der Waals surface area contributed by atoms with Gasteiger partial charge in [0.05, 0.1) is 30.3 Å². The van der Waals surface area contributed by atoms with E-state index in [1.807, 2.05) is 174 Å². The van der Waals surface area contributed by atoms with Gasteiger partial charge in [-0.3, -0.25) is 34.1 Å². The molecule has 1 aliphatic carbocycles. The summed E-state index contributed by atoms with van der Waals surface area (Å²) in [6, 6.07) is 37.8. The number of benzene rings is 4. The van der Waals surface area contributed by atoms with Crippen LogP contribution in [0.1, 0.15) is 70.8 Å². The Morgan fingerprint density at radius 2 is 1.35 bits per heavy atom. The number of nitrogens with zero attached hydrogens (tertiary/aromatic N) is 7. The van der Waals surface area contributed by atoms with Crippen LogP contribution in [-0.2, 0) is 42.3 Å². The first-order chi connectivity index (χ1) is 40.9. The highest BCUT2D eigenvalue weighted by Gasteiger charge is 2.28. The molecule has 17 heteroatoms. The molecule has 3 amide bonds. The van der Waals surface area contributed by atoms with Crippen molar-refractivity contribution in [1.29, 1.82) is 0 Å². The number of amides is 3. The van der Waals surface area contributed by atoms with E-state index in [2.05, 4.69) is 42.2 Å². The van der Waals surface area contributed by atoms with Crippen LogP contribution < -0.4 is 10.6 Å². The lowest BCUT2D eigenvalue weighted by Gasteiger charge is -2.33. The number of nitrogens with one attached hydrogen (secondary N) is 4. The number of allylic oxidation sites excluding steroid dienone is 6. The van der Waals surface area contributed by atoms with Gasteiger partial charge in [-0.2, -0.15) is 15.3 Å². The molecule has 1 saturated heterocycles. The normalized spacial score (nSPS) is 14.5. The van der Waals surface area contributed by atoms with Crippen molar-refractivity contribution in [2.24, 2.45) is 11.8 Å². The number of piperidine rings is 1. The summed E-state index contributed by atoms with van der Waals surface area (Å²) in [5, 5.41) is 36.9. The summed E-state index contributed by atoms with van der Waals surface area (Å²) in [7, 11) is 0. The first-order valence-electron chi connectivity index (χ1n) is 28.1. The van der Waals surface area contributed by atoms with Gasteiger partial charge < -0.3 is 29.8 Å². The number of H-pyrrole nitrogens is 2. The quantitative estimate of drug-likeness (QED) is 0.0464. The van der Waals surface area contributed by atoms with E-state index < -0.39 is 0 Å². The van der Waals surface area contributed by atoms with Crippen molar-refractivity contribution in [2.75, 3.05) is 13.1 Å². The van der Waals surface area contributed by atoms with Gasteiger partial charge in [0.25, 0.3) is 17.7 Å². The molecule has 1 fully saturated rings. The van der Waals surface area contributed by atoms with Crippen LogP contribution in [0.3, 0.4) is 0 Å². The molecule has 424 valence electrons. The van der Waals surface area contributed by atoms with Gasteiger partial charge in [-0.25, -0.2) is 0 Å². The highest BCUT2D eigenvalue weighted by Crippen LogP contribution is 2.38. The molecule has 11 rings (SSSR count). The number of hydrogen-bond acceptors (Lipinski definition) is 8. The predicted octanol–water partition coefficient (Wildman–Crippen LogP) is 11.9. The Labute approximate surface area is 491 Å². The van der Waals surface area contributed by atoms with E-state index in [1.165, 1.54) is 0 Å². The molecule has 1 aliphatic heterocycles. The number of carbonyl (C=O) groups excluding carboxylic acids is 4. The van der Waals surface area contributed by atoms with E-state index in [9.17, 15) is 24.3 Å². The third-order valence-corrected chi connectivity index (χ3v) is 15.7. The Hall–Kier alpha value is -9.80. The summed E-state index contributed by atoms with van der Waals surface area (Å²) in [5.74, 6) is -0.417. The second-order valence-corrected chi connectivity index (χ2v) is 22.0. The predicted molar refractivity (Wildman–Crippen MR) is 326 cm³/mol. The van der Waals surface area contributed by atoms with Crippen molar-refractivity contribution >= 4 is 41.2 Å². The number of aromatic hydroxyl groups is 1. The molecule has 2 aliphatic rings. The second kappa shape index (κ2) is 25.6. The molecule has 0 radical (unpaired) electrons. The number of rotatable bonds is 20. The van der Waals surface area contributed by atoms with Crippen molar-refractivity contribution in [1.82, 2.24) is 54.8 Å². The molecule has 4 aromatic carbocycles. The summed E-state index contributed by atoms with van der Waals surface area (Å²) < 4.78 is 5.67. The Morgan fingerprint density at radius 1 is 0.726 bits per heavy atom. The van der Waals surface area contributed by atoms with Gasteiger partial charge in [-0.1, -0.05) is 126 Å². The molecular formula is C67H64ClN11O5. The van der Waals surface area contributed by atoms with Gasteiger partial charge in [-0.05, 0) is 104 Å². The number of phenolic OH excluding ortho intramolecular Hbond substituents is 1. The van der Waals surface area contributed by atoms with Gasteiger partial charge in [0.15, 0.2) is 5.78 Å². The minimum absolute atomic E-state index is 0.0735. The Balaban J connectivity index is 0.772. The first kappa shape index (κ1) is 56.1. The Kier molecular flexibility index (Phi) is 17.1. The number of aromatic nitrogens is 8. The third kappa shape index (κ3) is 13.1. The minimum Gasteiger partial charge on any atom is -0.507 e. The molecule has 0 spiro atoms. The summed E-state index contributed by atoms with van der Waals surface area (Å²) in [6.45, 7) is 6.74. The van der Waals surface area contributed by atoms with Crippen LogP contribution in [0.25, 0.3) is 50.8 Å². The number of ketones is 1. The van der Waals surface area contributed by atoms with Gasteiger partial charge in [0.2, 0.25) is 0 Å². The first-order valence-corrected chi connectivity index (χ1v) is 28.5. The topological polar surface area (TPSA) is 201 Å². The average Bonchev–Trinajstić information content (AvgIpc) is 4.59. The molecule has 16 nitrogen and oxygen atoms in total. The third-order valence-electron chi connectivity index (χ3n) is 15.4. The maximum absolute atomic E-state index is 14.6. The lowest BCUT2D eigenvalue weighted by molar-refractivity contribution is -0.128. The molecule has 0 saturated carbocycles. The van der Waals surface area contributed by atoms with Gasteiger partial charge >= 0.3 is 0 Å². The summed E-state index contributed by atoms with van der Waals surface area (Å²) in [4.78, 5) is 57.6. The molecular weight excluding hydrogens is 1070 g/mol. The lowest BCUT2D eigenvalue weighted by atomic mass is 9.92. The average molecular weight is 1140 g/mol. The van der Waals surface area contributed by atoms with Crippen LogP contribution in [0.2, 0.25) is 5.02 Å². The summed E-state index contributed by atoms with van der Waals surface area (Å²) in [5.41, 5.74) is 12.0. The molecule has 5 aromatic heterocycles. The Morgan fingerprint density at radius 3 is 1.98 bits per heavy atom. The molecule has 9 aromatic rings. The standard InChI is InChI=1S/C67H64ClN11O5/c1-44(2)31-62(81)50-23-21-48(22-24-50)39-77-41-51(63-56(37-71-74-63)54-13-6-8-15-58(54)68)33-59(77)66(83)70-36-47-19-17-45(18-20-47)32-53(43-79-28-10-27-73-79)67(84)76-29-25-49(26-30-76)40-78-42-52(34-60(78)65(82)69-35-46-11-4-3-5-12-46)64-57(38-72-75-64)55-14-7-9-16-61(55)80/h3-23,27-28,31-34,37-38,41-42,49-50,80H,24-26,29-30,35-36,39-40,43H2,1-2H3,(H,69,82)(H,70,83)(H,71,74)(H,72,75)/b53-32-. The largest absolute Gasteiger partial charge is 0.507 e. The number of carbonyl (C=O) groups is 4. The molecule has 84 heavy (non-hydrogen) atoms. The van der Waals surface area contributed by atoms with Gasteiger partial charge in [-0.15, -0.1) is 0 Å². The van der Waals surface area contributed by atoms with Crippen LogP contribution in [0.5, 0.6) is 5.75 Å². The van der Waals surface area contributed by atoms with E-state index in [1.54, 1.807) is 41.5 Å². The second-order valence-electron chi connectivity index (χ2n) is 21.6. The number of likely N-dealkylation sites (tertiary alicyclic amines) is 1. The van der Waals surface area contributed by atoms with Gasteiger partial charge in [0.1, 0.15) is 17.1 Å². The van der Waals surface area contributed by atoms with Crippen molar-refractivity contribution < 1.29 is 24.3 Å². The van der Waals surface area contributed by atoms with Crippen molar-refractivity contribution in [3.63, 3.8) is 0 Å². The van der Waals surface area contributed by atoms with Crippen molar-refractivity contribution in [3.05, 3.63) is 233 Å². The van der Waals surface area contributed by atoms with Crippen LogP contribution in [0.15, 0.2) is 200 Å². The Bertz CT molecular complexity index is 3960. The molecule has 5 N–H and O–H groups in total. The van der Waals surface area contributed by atoms with Crippen LogP contribution >= 0.6 is 11.6 Å². The fraction of sp³-hybridized carbons (Fsp3) is 0.209. The lowest BCUT2D eigenvalue weighted by Crippen LogP contribution is -2.40. The van der Waals surface area contributed by atoms with Crippen LogP contribution in [0, 0.1) is 11.8 Å². The maximum atomic E-state index is 14.6. The number of hydrogen-bond donors (Lipinski definition) is 5. The molecule has 1 atom stereocenters. The molecule has 6 heterocycles. The van der Waals surface area contributed by atoms with E-state index in [0.29, 0.717) is 77.9 Å². The molecule has 1 unspecified atom stereocenters. The molecule has 0 bridgehead atoms. The zero-order valence-corrected chi connectivity index (χ0v) is 47.5. The SMILES string of the molecule is CC(C)=CC(=O)C1C=CC(Cn2cc(-c3[nH]ncc3-c3ccccc3Cl)cc2C(=O)NCc2ccc(/C=C(/Cn3cccn3)C(=O)N3CCC(Cn4cc(-c5[nH]ncc5-c5ccccc5O)cc4C(=O)NCc4ccccc4)CC3)cc2)=CC1. The van der Waals surface area contributed by atoms with Crippen molar-refractivity contribution in [2.45, 2.75) is 65.8 Å². The fourth-order valence-electron chi connectivity index (χ4n) is 11.0. The number of para-hydroxylation sites is 1. The highest BCUT2D eigenvalue weighted by molar-refractivity contribution is 6.33. The summed E-state index contributed by atoms with van der Waals surface area (Å²) >= 11 is 6.65. The maximum Gasteiger partial charge on any atom is 0.268 e. The zero-order chi connectivity index (χ0) is 58.1. The summed E-state index contributed by atoms with van der Waals surface area (Å²) in [6.07, 6.45) is 22.4. The highest BCUT2D eigenvalue weighted by atomic mass is 35.5. The van der Waals surface area contributed by atoms with Gasteiger partial charge in [0, 0.05) is 114 Å². The van der Waals surface area contributed by atoms with Crippen LogP contribution in [-0.4, -0.2) is 85.9 Å². The number of halogens is 1. The van der Waals surface area contributed by atoms with E-state index >= 15 is 0 Å². The monoisotopic (exact) mass is 1140 g/mol. The van der Waals surface area contributed by atoms with E-state index in [-0.39, 0.29) is 54.2 Å². The smallest absolute Gasteiger partial charge is 0.268 e. The number of phenols is 1. The van der Waals surface area contributed by atoms with E-state index in [0.717, 1.165) is 68.6 Å². The minimum atomic E-state index is -0.270. The van der Waals surface area contributed by atoms with Crippen LogP contribution in [0.4, 0.5) is 0 Å². The zero-order valence-electron chi connectivity index (χ0n) is 46.7.